The third kappa shape index (κ3) is 3.43. The topological polar surface area (TPSA) is 60.2 Å². The molecule has 0 aliphatic carbocycles. The van der Waals surface area contributed by atoms with Gasteiger partial charge >= 0.3 is 0 Å². The van der Waals surface area contributed by atoms with E-state index in [1.807, 2.05) is 13.8 Å². The molecular weight excluding hydrogens is 182 g/mol. The summed E-state index contributed by atoms with van der Waals surface area (Å²) in [5.74, 6) is 1.33. The zero-order chi connectivity index (χ0) is 10.4. The minimum Gasteiger partial charge on any atom is -0.381 e. The fourth-order valence-electron chi connectivity index (χ4n) is 1.02. The summed E-state index contributed by atoms with van der Waals surface area (Å²) < 4.78 is 10.1. The molecule has 1 heterocycles. The number of ether oxygens (including phenoxy) is 1. The lowest BCUT2D eigenvalue weighted by molar-refractivity contribution is 0.116. The van der Waals surface area contributed by atoms with E-state index < -0.39 is 0 Å². The van der Waals surface area contributed by atoms with Crippen LogP contribution in [0.4, 0.5) is 0 Å². The minimum absolute atomic E-state index is 0.125. The number of aromatic nitrogens is 2. The van der Waals surface area contributed by atoms with Gasteiger partial charge in [-0.05, 0) is 13.5 Å². The number of rotatable bonds is 6. The van der Waals surface area contributed by atoms with Crippen LogP contribution < -0.4 is 5.32 Å². The maximum atomic E-state index is 5.11. The van der Waals surface area contributed by atoms with Crippen LogP contribution in [0.15, 0.2) is 4.52 Å². The van der Waals surface area contributed by atoms with E-state index in [4.69, 9.17) is 9.26 Å². The molecule has 14 heavy (non-hydrogen) atoms. The quantitative estimate of drug-likeness (QED) is 0.732. The first kappa shape index (κ1) is 11.1. The smallest absolute Gasteiger partial charge is 0.240 e. The number of nitrogens with zero attached hydrogens (tertiary/aromatic N) is 2. The monoisotopic (exact) mass is 199 g/mol. The van der Waals surface area contributed by atoms with Crippen molar-refractivity contribution >= 4 is 0 Å². The highest BCUT2D eigenvalue weighted by Gasteiger charge is 2.09. The van der Waals surface area contributed by atoms with Crippen LogP contribution in [0.5, 0.6) is 0 Å². The van der Waals surface area contributed by atoms with Crippen LogP contribution in [0.25, 0.3) is 0 Å². The van der Waals surface area contributed by atoms with E-state index >= 15 is 0 Å². The van der Waals surface area contributed by atoms with Crippen molar-refractivity contribution in [3.05, 3.63) is 11.7 Å². The van der Waals surface area contributed by atoms with Gasteiger partial charge < -0.3 is 14.6 Å². The van der Waals surface area contributed by atoms with Crippen LogP contribution in [0.3, 0.4) is 0 Å². The molecule has 0 amide bonds. The Balaban J connectivity index is 2.42. The van der Waals surface area contributed by atoms with Gasteiger partial charge in [-0.15, -0.1) is 0 Å². The third-order valence-electron chi connectivity index (χ3n) is 1.91. The molecule has 0 aromatic carbocycles. The highest BCUT2D eigenvalue weighted by molar-refractivity contribution is 4.87. The van der Waals surface area contributed by atoms with E-state index in [0.29, 0.717) is 24.7 Å². The second-order valence-electron chi connectivity index (χ2n) is 3.14. The van der Waals surface area contributed by atoms with Gasteiger partial charge in [-0.3, -0.25) is 0 Å². The van der Waals surface area contributed by atoms with Crippen LogP contribution in [0, 0.1) is 0 Å². The van der Waals surface area contributed by atoms with Crippen LogP contribution in [-0.2, 0) is 17.7 Å². The Morgan fingerprint density at radius 3 is 3.00 bits per heavy atom. The van der Waals surface area contributed by atoms with E-state index in [9.17, 15) is 0 Å². The van der Waals surface area contributed by atoms with E-state index in [-0.39, 0.29) is 6.10 Å². The van der Waals surface area contributed by atoms with Crippen molar-refractivity contribution in [1.29, 1.82) is 0 Å². The number of hydrogen-bond donors (Lipinski definition) is 1. The van der Waals surface area contributed by atoms with E-state index in [1.165, 1.54) is 0 Å². The Kier molecular flexibility index (Phi) is 4.55. The Morgan fingerprint density at radius 2 is 2.36 bits per heavy atom. The molecule has 1 N–H and O–H groups in total. The number of hydrogen-bond acceptors (Lipinski definition) is 5. The number of methoxy groups -OCH3 is 1. The SMILES string of the molecule is CCNCc1nc(CC(C)OC)no1. The average Bonchev–Trinajstić information content (AvgIpc) is 2.62. The van der Waals surface area contributed by atoms with Gasteiger partial charge in [-0.1, -0.05) is 12.1 Å². The zero-order valence-corrected chi connectivity index (χ0v) is 8.91. The first-order valence-corrected chi connectivity index (χ1v) is 4.81. The second kappa shape index (κ2) is 5.72. The lowest BCUT2D eigenvalue weighted by atomic mass is 10.3. The van der Waals surface area contributed by atoms with Crippen molar-refractivity contribution in [2.24, 2.45) is 0 Å². The van der Waals surface area contributed by atoms with Crippen LogP contribution in [0.2, 0.25) is 0 Å². The molecule has 1 aromatic rings. The van der Waals surface area contributed by atoms with Crippen LogP contribution >= 0.6 is 0 Å². The van der Waals surface area contributed by atoms with E-state index in [2.05, 4.69) is 15.5 Å². The molecule has 5 nitrogen and oxygen atoms in total. The van der Waals surface area contributed by atoms with Crippen LogP contribution in [-0.4, -0.2) is 29.9 Å². The maximum absolute atomic E-state index is 5.11. The lowest BCUT2D eigenvalue weighted by Gasteiger charge is -2.03. The lowest BCUT2D eigenvalue weighted by Crippen LogP contribution is -2.12. The summed E-state index contributed by atoms with van der Waals surface area (Å²) in [5, 5.41) is 6.97. The minimum atomic E-state index is 0.125. The van der Waals surface area contributed by atoms with Gasteiger partial charge in [0.25, 0.3) is 0 Å². The van der Waals surface area contributed by atoms with Gasteiger partial charge in [0.15, 0.2) is 5.82 Å². The zero-order valence-electron chi connectivity index (χ0n) is 8.91. The van der Waals surface area contributed by atoms with Crippen molar-refractivity contribution in [2.75, 3.05) is 13.7 Å². The van der Waals surface area contributed by atoms with Gasteiger partial charge in [0.1, 0.15) is 0 Å². The van der Waals surface area contributed by atoms with Crippen LogP contribution in [0.1, 0.15) is 25.6 Å². The molecule has 0 bridgehead atoms. The molecule has 0 saturated carbocycles. The van der Waals surface area contributed by atoms with Crippen molar-refractivity contribution in [3.8, 4) is 0 Å². The molecule has 80 valence electrons. The molecule has 0 saturated heterocycles. The standard InChI is InChI=1S/C9H17N3O2/c1-4-10-6-9-11-8(12-14-9)5-7(2)13-3/h7,10H,4-6H2,1-3H3. The summed E-state index contributed by atoms with van der Waals surface area (Å²) in [7, 11) is 1.67. The third-order valence-corrected chi connectivity index (χ3v) is 1.91. The molecule has 1 unspecified atom stereocenters. The molecular formula is C9H17N3O2. The summed E-state index contributed by atoms with van der Waals surface area (Å²) in [6, 6.07) is 0. The molecule has 0 spiro atoms. The van der Waals surface area contributed by atoms with Gasteiger partial charge in [0, 0.05) is 13.5 Å². The maximum Gasteiger partial charge on any atom is 0.240 e. The van der Waals surface area contributed by atoms with E-state index in [1.54, 1.807) is 7.11 Å². The molecule has 1 rings (SSSR count). The summed E-state index contributed by atoms with van der Waals surface area (Å²) in [5.41, 5.74) is 0. The highest BCUT2D eigenvalue weighted by Crippen LogP contribution is 2.02. The fraction of sp³-hybridized carbons (Fsp3) is 0.778. The van der Waals surface area contributed by atoms with Gasteiger partial charge in [0.05, 0.1) is 12.6 Å². The summed E-state index contributed by atoms with van der Waals surface area (Å²) in [4.78, 5) is 4.22. The molecule has 0 radical (unpaired) electrons. The first-order valence-electron chi connectivity index (χ1n) is 4.81. The summed E-state index contributed by atoms with van der Waals surface area (Å²) >= 11 is 0. The molecule has 0 aliphatic rings. The van der Waals surface area contributed by atoms with Crippen molar-refractivity contribution in [1.82, 2.24) is 15.5 Å². The van der Waals surface area contributed by atoms with Crippen molar-refractivity contribution in [2.45, 2.75) is 32.9 Å². The largest absolute Gasteiger partial charge is 0.381 e. The predicted octanol–water partition coefficient (Wildman–Crippen LogP) is 0.756. The highest BCUT2D eigenvalue weighted by atomic mass is 16.5. The van der Waals surface area contributed by atoms with Gasteiger partial charge in [-0.2, -0.15) is 4.98 Å². The predicted molar refractivity (Wildman–Crippen MR) is 51.9 cm³/mol. The Hall–Kier alpha value is -0.940. The van der Waals surface area contributed by atoms with E-state index in [0.717, 1.165) is 6.54 Å². The summed E-state index contributed by atoms with van der Waals surface area (Å²) in [6.07, 6.45) is 0.811. The van der Waals surface area contributed by atoms with Crippen molar-refractivity contribution in [3.63, 3.8) is 0 Å². The molecule has 0 aliphatic heterocycles. The first-order chi connectivity index (χ1) is 6.76. The Bertz CT molecular complexity index is 262. The average molecular weight is 199 g/mol. The second-order valence-corrected chi connectivity index (χ2v) is 3.14. The molecule has 1 atom stereocenters. The van der Waals surface area contributed by atoms with Gasteiger partial charge in [-0.25, -0.2) is 0 Å². The van der Waals surface area contributed by atoms with Gasteiger partial charge in [0.2, 0.25) is 5.89 Å². The Morgan fingerprint density at radius 1 is 1.57 bits per heavy atom. The molecule has 0 fully saturated rings. The fourth-order valence-corrected chi connectivity index (χ4v) is 1.02. The molecule has 5 heteroatoms. The van der Waals surface area contributed by atoms with Crippen molar-refractivity contribution < 1.29 is 9.26 Å². The molecule has 1 aromatic heterocycles. The normalized spacial score (nSPS) is 13.1. The number of nitrogens with one attached hydrogen (secondary N) is 1. The summed E-state index contributed by atoms with van der Waals surface area (Å²) in [6.45, 7) is 5.53. The Labute approximate surface area is 83.8 Å².